The molecule has 0 aliphatic carbocycles. The van der Waals surface area contributed by atoms with E-state index < -0.39 is 5.60 Å². The molecule has 0 fully saturated rings. The smallest absolute Gasteiger partial charge is 0.162 e. The lowest BCUT2D eigenvalue weighted by molar-refractivity contribution is -0.0294. The fourth-order valence-corrected chi connectivity index (χ4v) is 3.29. The van der Waals surface area contributed by atoms with E-state index in [0.717, 1.165) is 22.1 Å². The highest BCUT2D eigenvalue weighted by molar-refractivity contribution is 14.1. The van der Waals surface area contributed by atoms with Crippen LogP contribution in [0.25, 0.3) is 0 Å². The number of rotatable bonds is 4. The van der Waals surface area contributed by atoms with E-state index in [9.17, 15) is 0 Å². The summed E-state index contributed by atoms with van der Waals surface area (Å²) in [6.45, 7) is 10.6. The van der Waals surface area contributed by atoms with Gasteiger partial charge in [0.05, 0.1) is 9.26 Å². The molecule has 0 aliphatic heterocycles. The van der Waals surface area contributed by atoms with Gasteiger partial charge in [-0.25, -0.2) is 9.97 Å². The molecule has 0 unspecified atom stereocenters. The molecule has 0 saturated heterocycles. The maximum atomic E-state index is 6.29. The number of nitrogens with zero attached hydrogens (tertiary/aromatic N) is 2. The Balaban J connectivity index is 3.51. The maximum Gasteiger partial charge on any atom is 0.162 e. The minimum Gasteiger partial charge on any atom is -0.370 e. The SMILES string of the molecule is CCC(CC)(OC)c1nc(Cl)c(I)c(C(C)(C)C)n1. The molecule has 0 bridgehead atoms. The lowest BCUT2D eigenvalue weighted by atomic mass is 9.90. The van der Waals surface area contributed by atoms with Crippen LogP contribution in [0.15, 0.2) is 0 Å². The summed E-state index contributed by atoms with van der Waals surface area (Å²) in [6, 6.07) is 0. The predicted octanol–water partition coefficient (Wildman–Crippen LogP) is 4.69. The van der Waals surface area contributed by atoms with Crippen LogP contribution in [0.5, 0.6) is 0 Å². The van der Waals surface area contributed by atoms with Gasteiger partial charge in [-0.05, 0) is 35.4 Å². The second kappa shape index (κ2) is 6.22. The molecule has 0 spiro atoms. The summed E-state index contributed by atoms with van der Waals surface area (Å²) >= 11 is 8.50. The molecule has 0 aromatic carbocycles. The van der Waals surface area contributed by atoms with E-state index in [1.165, 1.54) is 0 Å². The van der Waals surface area contributed by atoms with Crippen molar-refractivity contribution in [3.63, 3.8) is 0 Å². The van der Waals surface area contributed by atoms with Crippen molar-refractivity contribution in [3.05, 3.63) is 20.2 Å². The van der Waals surface area contributed by atoms with Gasteiger partial charge in [-0.1, -0.05) is 46.2 Å². The Morgan fingerprint density at radius 1 is 1.16 bits per heavy atom. The molecule has 0 atom stereocenters. The van der Waals surface area contributed by atoms with Crippen molar-refractivity contribution < 1.29 is 4.74 Å². The average molecular weight is 397 g/mol. The fraction of sp³-hybridized carbons (Fsp3) is 0.714. The highest BCUT2D eigenvalue weighted by Crippen LogP contribution is 2.35. The van der Waals surface area contributed by atoms with E-state index in [1.807, 2.05) is 0 Å². The number of aromatic nitrogens is 2. The number of hydrogen-bond donors (Lipinski definition) is 0. The van der Waals surface area contributed by atoms with Crippen molar-refractivity contribution in [1.29, 1.82) is 0 Å². The Morgan fingerprint density at radius 3 is 2.05 bits per heavy atom. The molecular formula is C14H22ClIN2O. The zero-order chi connectivity index (χ0) is 14.8. The first kappa shape index (κ1) is 17.1. The molecule has 19 heavy (non-hydrogen) atoms. The number of ether oxygens (including phenoxy) is 1. The van der Waals surface area contributed by atoms with Crippen molar-refractivity contribution in [2.75, 3.05) is 7.11 Å². The minimum atomic E-state index is -0.450. The third kappa shape index (κ3) is 3.39. The summed E-state index contributed by atoms with van der Waals surface area (Å²) < 4.78 is 6.62. The molecule has 0 saturated carbocycles. The standard InChI is InChI=1S/C14H22ClIN2O/c1-7-14(8-2,19-6)12-17-10(13(3,4)5)9(16)11(15)18-12/h7-8H2,1-6H3. The van der Waals surface area contributed by atoms with Crippen LogP contribution in [0.2, 0.25) is 5.15 Å². The lowest BCUT2D eigenvalue weighted by Gasteiger charge is -2.30. The second-order valence-electron chi connectivity index (χ2n) is 5.66. The molecule has 0 radical (unpaired) electrons. The first-order valence-electron chi connectivity index (χ1n) is 6.51. The van der Waals surface area contributed by atoms with Gasteiger partial charge in [0.1, 0.15) is 10.8 Å². The molecule has 0 aliphatic rings. The van der Waals surface area contributed by atoms with Gasteiger partial charge in [0, 0.05) is 12.5 Å². The second-order valence-corrected chi connectivity index (χ2v) is 7.09. The van der Waals surface area contributed by atoms with Crippen molar-refractivity contribution in [2.45, 2.75) is 58.5 Å². The summed E-state index contributed by atoms with van der Waals surface area (Å²) in [5.74, 6) is 0.690. The fourth-order valence-electron chi connectivity index (χ4n) is 2.07. The summed E-state index contributed by atoms with van der Waals surface area (Å²) in [4.78, 5) is 9.22. The van der Waals surface area contributed by atoms with Crippen LogP contribution in [0.4, 0.5) is 0 Å². The molecule has 5 heteroatoms. The number of halogens is 2. The monoisotopic (exact) mass is 396 g/mol. The normalized spacial score (nSPS) is 12.8. The van der Waals surface area contributed by atoms with Crippen LogP contribution < -0.4 is 0 Å². The molecule has 1 aromatic rings. The minimum absolute atomic E-state index is 0.0706. The topological polar surface area (TPSA) is 35.0 Å². The van der Waals surface area contributed by atoms with Crippen LogP contribution in [-0.2, 0) is 15.8 Å². The maximum absolute atomic E-state index is 6.29. The van der Waals surface area contributed by atoms with Gasteiger partial charge in [-0.2, -0.15) is 0 Å². The Labute approximate surface area is 134 Å². The molecule has 1 heterocycles. The van der Waals surface area contributed by atoms with Crippen LogP contribution in [0.3, 0.4) is 0 Å². The van der Waals surface area contributed by atoms with E-state index in [4.69, 9.17) is 21.3 Å². The highest BCUT2D eigenvalue weighted by atomic mass is 127. The first-order valence-corrected chi connectivity index (χ1v) is 7.96. The summed E-state index contributed by atoms with van der Waals surface area (Å²) in [6.07, 6.45) is 1.64. The van der Waals surface area contributed by atoms with E-state index in [2.05, 4.69) is 62.2 Å². The van der Waals surface area contributed by atoms with Gasteiger partial charge in [0.25, 0.3) is 0 Å². The summed E-state index contributed by atoms with van der Waals surface area (Å²) in [5.41, 5.74) is 0.457. The van der Waals surface area contributed by atoms with Gasteiger partial charge in [0.15, 0.2) is 5.82 Å². The molecule has 0 amide bonds. The summed E-state index contributed by atoms with van der Waals surface area (Å²) in [5, 5.41) is 0.513. The van der Waals surface area contributed by atoms with Crippen LogP contribution in [-0.4, -0.2) is 17.1 Å². The van der Waals surface area contributed by atoms with Crippen LogP contribution in [0.1, 0.15) is 59.0 Å². The Hall–Kier alpha value is 0.0600. The Morgan fingerprint density at radius 2 is 1.68 bits per heavy atom. The quantitative estimate of drug-likeness (QED) is 0.547. The number of methoxy groups -OCH3 is 1. The van der Waals surface area contributed by atoms with Gasteiger partial charge >= 0.3 is 0 Å². The van der Waals surface area contributed by atoms with E-state index in [-0.39, 0.29) is 5.41 Å². The van der Waals surface area contributed by atoms with Gasteiger partial charge in [0.2, 0.25) is 0 Å². The third-order valence-electron chi connectivity index (χ3n) is 3.46. The molecular weight excluding hydrogens is 375 g/mol. The highest BCUT2D eigenvalue weighted by Gasteiger charge is 2.34. The van der Waals surface area contributed by atoms with Crippen molar-refractivity contribution >= 4 is 34.2 Å². The average Bonchev–Trinajstić information content (AvgIpc) is 2.34. The largest absolute Gasteiger partial charge is 0.370 e. The molecule has 3 nitrogen and oxygen atoms in total. The predicted molar refractivity (Wildman–Crippen MR) is 87.7 cm³/mol. The third-order valence-corrected chi connectivity index (χ3v) is 5.08. The van der Waals surface area contributed by atoms with E-state index in [0.29, 0.717) is 11.0 Å². The Kier molecular flexibility index (Phi) is 5.61. The first-order chi connectivity index (χ1) is 8.71. The molecule has 1 aromatic heterocycles. The Bertz CT molecular complexity index is 445. The lowest BCUT2D eigenvalue weighted by Crippen LogP contribution is -2.31. The van der Waals surface area contributed by atoms with Crippen molar-refractivity contribution in [2.24, 2.45) is 0 Å². The molecule has 0 N–H and O–H groups in total. The van der Waals surface area contributed by atoms with Crippen LogP contribution >= 0.6 is 34.2 Å². The van der Waals surface area contributed by atoms with Gasteiger partial charge in [-0.15, -0.1) is 0 Å². The van der Waals surface area contributed by atoms with E-state index in [1.54, 1.807) is 7.11 Å². The van der Waals surface area contributed by atoms with Crippen molar-refractivity contribution in [1.82, 2.24) is 9.97 Å². The van der Waals surface area contributed by atoms with E-state index >= 15 is 0 Å². The van der Waals surface area contributed by atoms with Gasteiger partial charge < -0.3 is 4.74 Å². The molecule has 1 rings (SSSR count). The molecule has 108 valence electrons. The summed E-state index contributed by atoms with van der Waals surface area (Å²) in [7, 11) is 1.71. The number of hydrogen-bond acceptors (Lipinski definition) is 3. The zero-order valence-corrected chi connectivity index (χ0v) is 15.4. The van der Waals surface area contributed by atoms with Crippen molar-refractivity contribution in [3.8, 4) is 0 Å². The zero-order valence-electron chi connectivity index (χ0n) is 12.5. The van der Waals surface area contributed by atoms with Crippen LogP contribution in [0, 0.1) is 3.57 Å². The van der Waals surface area contributed by atoms with Gasteiger partial charge in [-0.3, -0.25) is 0 Å².